The van der Waals surface area contributed by atoms with E-state index in [0.29, 0.717) is 22.6 Å². The van der Waals surface area contributed by atoms with Gasteiger partial charge in [0.2, 0.25) is 15.8 Å². The van der Waals surface area contributed by atoms with Crippen LogP contribution in [-0.2, 0) is 26.2 Å². The number of rotatable bonds is 10. The predicted molar refractivity (Wildman–Crippen MR) is 115 cm³/mol. The first kappa shape index (κ1) is 23.0. The second kappa shape index (κ2) is 10.6. The van der Waals surface area contributed by atoms with Crippen molar-refractivity contribution in [1.82, 2.24) is 14.9 Å². The van der Waals surface area contributed by atoms with Crippen molar-refractivity contribution in [3.63, 3.8) is 0 Å². The van der Waals surface area contributed by atoms with E-state index >= 15 is 0 Å². The first-order chi connectivity index (χ1) is 15.4. The van der Waals surface area contributed by atoms with Gasteiger partial charge in [-0.15, -0.1) is 0 Å². The summed E-state index contributed by atoms with van der Waals surface area (Å²) in [7, 11) is -0.776. The highest BCUT2D eigenvalue weighted by atomic mass is 32.2. The Morgan fingerprint density at radius 3 is 2.62 bits per heavy atom. The van der Waals surface area contributed by atoms with E-state index in [9.17, 15) is 13.2 Å². The van der Waals surface area contributed by atoms with Crippen LogP contribution in [0.2, 0.25) is 0 Å². The Balaban J connectivity index is 1.53. The molecule has 3 rings (SSSR count). The summed E-state index contributed by atoms with van der Waals surface area (Å²) in [6.07, 6.45) is 1.42. The van der Waals surface area contributed by atoms with Crippen molar-refractivity contribution < 1.29 is 31.9 Å². The van der Waals surface area contributed by atoms with Gasteiger partial charge in [0.1, 0.15) is 18.0 Å². The number of nitrogens with one attached hydrogen (secondary N) is 1. The molecule has 0 aliphatic rings. The number of hydrogen-bond donors (Lipinski definition) is 1. The van der Waals surface area contributed by atoms with E-state index in [1.165, 1.54) is 20.3 Å². The number of sulfonamides is 1. The molecule has 0 aliphatic heterocycles. The van der Waals surface area contributed by atoms with Gasteiger partial charge in [0, 0.05) is 11.5 Å². The molecule has 2 aromatic carbocycles. The van der Waals surface area contributed by atoms with Crippen LogP contribution in [0.4, 0.5) is 0 Å². The molecule has 0 saturated carbocycles. The molecule has 0 saturated heterocycles. The summed E-state index contributed by atoms with van der Waals surface area (Å²) in [5.74, 6) is 0.555. The van der Waals surface area contributed by atoms with Gasteiger partial charge < -0.3 is 18.7 Å². The van der Waals surface area contributed by atoms with Crippen molar-refractivity contribution in [3.05, 3.63) is 65.4 Å². The Bertz CT molecular complexity index is 1190. The molecule has 10 nitrogen and oxygen atoms in total. The van der Waals surface area contributed by atoms with Gasteiger partial charge in [-0.25, -0.2) is 13.1 Å². The normalized spacial score (nSPS) is 11.4. The lowest BCUT2D eigenvalue weighted by atomic mass is 10.2. The highest BCUT2D eigenvalue weighted by molar-refractivity contribution is 7.92. The SMILES string of the molecule is COc1ccc(-c2noc(COC(=O)CNS(=O)(=O)/C=C/c3ccccc3)n2)c(OC)c1. The lowest BCUT2D eigenvalue weighted by Gasteiger charge is -2.07. The van der Waals surface area contributed by atoms with Crippen molar-refractivity contribution in [3.8, 4) is 22.9 Å². The van der Waals surface area contributed by atoms with Crippen molar-refractivity contribution in [2.75, 3.05) is 20.8 Å². The standard InChI is InChI=1S/C21H21N3O7S/c1-28-16-8-9-17(18(12-16)29-2)21-23-19(31-24-21)14-30-20(25)13-22-32(26,27)11-10-15-6-4-3-5-7-15/h3-12,22H,13-14H2,1-2H3/b11-10+. The molecular formula is C21H21N3O7S. The molecule has 0 aliphatic carbocycles. The molecule has 11 heteroatoms. The third kappa shape index (κ3) is 6.40. The summed E-state index contributed by atoms with van der Waals surface area (Å²) in [4.78, 5) is 16.1. The molecule has 0 bridgehead atoms. The molecule has 32 heavy (non-hydrogen) atoms. The molecule has 1 heterocycles. The second-order valence-corrected chi connectivity index (χ2v) is 7.97. The van der Waals surface area contributed by atoms with Gasteiger partial charge in [-0.1, -0.05) is 35.5 Å². The molecule has 1 N–H and O–H groups in total. The number of carbonyl (C=O) groups is 1. The van der Waals surface area contributed by atoms with E-state index in [0.717, 1.165) is 5.41 Å². The van der Waals surface area contributed by atoms with E-state index in [4.69, 9.17) is 18.7 Å². The fraction of sp³-hybridized carbons (Fsp3) is 0.190. The fourth-order valence-corrected chi connectivity index (χ4v) is 3.29. The van der Waals surface area contributed by atoms with Crippen LogP contribution in [0.3, 0.4) is 0 Å². The highest BCUT2D eigenvalue weighted by Crippen LogP contribution is 2.31. The zero-order chi connectivity index (χ0) is 23.0. The number of carbonyl (C=O) groups excluding carboxylic acids is 1. The van der Waals surface area contributed by atoms with Gasteiger partial charge in [-0.2, -0.15) is 4.98 Å². The lowest BCUT2D eigenvalue weighted by molar-refractivity contribution is -0.144. The van der Waals surface area contributed by atoms with E-state index in [1.54, 1.807) is 42.5 Å². The summed E-state index contributed by atoms with van der Waals surface area (Å²) in [5.41, 5.74) is 1.27. The number of esters is 1. The van der Waals surface area contributed by atoms with Crippen molar-refractivity contribution in [2.45, 2.75) is 6.61 Å². The molecule has 0 radical (unpaired) electrons. The van der Waals surface area contributed by atoms with E-state index in [2.05, 4.69) is 14.9 Å². The summed E-state index contributed by atoms with van der Waals surface area (Å²) >= 11 is 0. The minimum Gasteiger partial charge on any atom is -0.497 e. The third-order valence-electron chi connectivity index (χ3n) is 4.13. The number of hydrogen-bond acceptors (Lipinski definition) is 9. The number of methoxy groups -OCH3 is 2. The van der Waals surface area contributed by atoms with Crippen LogP contribution in [0.1, 0.15) is 11.5 Å². The van der Waals surface area contributed by atoms with Crippen LogP contribution in [0.5, 0.6) is 11.5 Å². The number of aromatic nitrogens is 2. The molecule has 0 amide bonds. The van der Waals surface area contributed by atoms with Crippen molar-refractivity contribution >= 4 is 22.1 Å². The molecular weight excluding hydrogens is 438 g/mol. The summed E-state index contributed by atoms with van der Waals surface area (Å²) in [6, 6.07) is 14.0. The molecule has 0 atom stereocenters. The van der Waals surface area contributed by atoms with Crippen LogP contribution in [0.25, 0.3) is 17.5 Å². The second-order valence-electron chi connectivity index (χ2n) is 6.32. The predicted octanol–water partition coefficient (Wildman–Crippen LogP) is 2.39. The van der Waals surface area contributed by atoms with Crippen LogP contribution in [-0.4, -0.2) is 45.3 Å². The maximum atomic E-state index is 12.0. The Kier molecular flexibility index (Phi) is 7.58. The highest BCUT2D eigenvalue weighted by Gasteiger charge is 2.16. The van der Waals surface area contributed by atoms with Crippen molar-refractivity contribution in [1.29, 1.82) is 0 Å². The van der Waals surface area contributed by atoms with Crippen LogP contribution in [0.15, 0.2) is 58.5 Å². The van der Waals surface area contributed by atoms with Crippen LogP contribution in [0, 0.1) is 0 Å². The summed E-state index contributed by atoms with van der Waals surface area (Å²) in [5, 5.41) is 4.82. The van der Waals surface area contributed by atoms with Gasteiger partial charge in [0.15, 0.2) is 6.61 Å². The van der Waals surface area contributed by atoms with E-state index < -0.39 is 22.5 Å². The third-order valence-corrected chi connectivity index (χ3v) is 5.17. The Morgan fingerprint density at radius 2 is 1.91 bits per heavy atom. The summed E-state index contributed by atoms with van der Waals surface area (Å²) in [6.45, 7) is -0.860. The van der Waals surface area contributed by atoms with E-state index in [-0.39, 0.29) is 18.3 Å². The van der Waals surface area contributed by atoms with Gasteiger partial charge in [-0.05, 0) is 23.8 Å². The van der Waals surface area contributed by atoms with Gasteiger partial charge in [-0.3, -0.25) is 4.79 Å². The molecule has 1 aromatic heterocycles. The Hall–Kier alpha value is -3.70. The fourth-order valence-electron chi connectivity index (χ4n) is 2.54. The Morgan fingerprint density at radius 1 is 1.12 bits per heavy atom. The van der Waals surface area contributed by atoms with Crippen LogP contribution < -0.4 is 14.2 Å². The topological polar surface area (TPSA) is 130 Å². The van der Waals surface area contributed by atoms with Crippen molar-refractivity contribution in [2.24, 2.45) is 0 Å². The maximum Gasteiger partial charge on any atom is 0.321 e. The largest absolute Gasteiger partial charge is 0.497 e. The first-order valence-electron chi connectivity index (χ1n) is 9.33. The van der Waals surface area contributed by atoms with Crippen LogP contribution >= 0.6 is 0 Å². The average Bonchev–Trinajstić information content (AvgIpc) is 3.29. The molecule has 0 unspecified atom stereocenters. The maximum absolute atomic E-state index is 12.0. The van der Waals surface area contributed by atoms with Gasteiger partial charge in [0.25, 0.3) is 5.89 Å². The average molecular weight is 459 g/mol. The first-order valence-corrected chi connectivity index (χ1v) is 10.9. The quantitative estimate of drug-likeness (QED) is 0.454. The molecule has 3 aromatic rings. The number of benzene rings is 2. The van der Waals surface area contributed by atoms with E-state index in [1.807, 2.05) is 6.07 Å². The zero-order valence-electron chi connectivity index (χ0n) is 17.3. The number of ether oxygens (including phenoxy) is 3. The number of nitrogens with zero attached hydrogens (tertiary/aromatic N) is 2. The molecule has 0 fully saturated rings. The molecule has 0 spiro atoms. The molecule has 168 valence electrons. The minimum absolute atomic E-state index is 0.0399. The smallest absolute Gasteiger partial charge is 0.321 e. The van der Waals surface area contributed by atoms with Gasteiger partial charge in [0.05, 0.1) is 19.8 Å². The summed E-state index contributed by atoms with van der Waals surface area (Å²) < 4.78 is 46.6. The minimum atomic E-state index is -3.81. The zero-order valence-corrected chi connectivity index (χ0v) is 18.2. The monoisotopic (exact) mass is 459 g/mol. The Labute approximate surface area is 184 Å². The van der Waals surface area contributed by atoms with Gasteiger partial charge >= 0.3 is 5.97 Å². The lowest BCUT2D eigenvalue weighted by Crippen LogP contribution is -2.29.